The quantitative estimate of drug-likeness (QED) is 0.445. The maximum atomic E-state index is 12.5. The number of hydrogen-bond acceptors (Lipinski definition) is 5. The smallest absolute Gasteiger partial charge is 0.271 e. The van der Waals surface area contributed by atoms with Gasteiger partial charge in [0.05, 0.1) is 5.71 Å². The lowest BCUT2D eigenvalue weighted by Crippen LogP contribution is -2.99. The van der Waals surface area contributed by atoms with Crippen molar-refractivity contribution in [2.24, 2.45) is 5.10 Å². The number of quaternary nitrogens is 1. The van der Waals surface area contributed by atoms with Gasteiger partial charge in [-0.3, -0.25) is 4.79 Å². The first-order chi connectivity index (χ1) is 14.0. The van der Waals surface area contributed by atoms with Gasteiger partial charge >= 0.3 is 0 Å². The van der Waals surface area contributed by atoms with Crippen molar-refractivity contribution in [3.05, 3.63) is 101 Å². The van der Waals surface area contributed by atoms with E-state index in [-0.39, 0.29) is 11.3 Å². The van der Waals surface area contributed by atoms with Crippen molar-refractivity contribution >= 4 is 23.0 Å². The minimum absolute atomic E-state index is 0.0455. The highest BCUT2D eigenvalue weighted by molar-refractivity contribution is 6.13. The van der Waals surface area contributed by atoms with E-state index in [1.165, 1.54) is 18.2 Å². The second-order valence-electron chi connectivity index (χ2n) is 6.59. The molecule has 3 aromatic carbocycles. The third-order valence-electron chi connectivity index (χ3n) is 4.35. The number of amides is 1. The standard InChI is InChI=1S/C22H22N4O3/c1-25(2)19-13-11-17(12-14-19)21(16-7-4-3-5-8-16)23-24-22(27)18-9-6-10-20(15-18)26(28)29/h3-15,26,28H,1-2H3,(H,24,27). The van der Waals surface area contributed by atoms with Crippen LogP contribution in [0.4, 0.5) is 11.4 Å². The summed E-state index contributed by atoms with van der Waals surface area (Å²) in [5.74, 6) is -0.480. The summed E-state index contributed by atoms with van der Waals surface area (Å²) < 4.78 is 0. The number of benzene rings is 3. The zero-order valence-corrected chi connectivity index (χ0v) is 16.2. The Morgan fingerprint density at radius 1 is 0.931 bits per heavy atom. The van der Waals surface area contributed by atoms with Crippen LogP contribution in [0.3, 0.4) is 0 Å². The number of nitrogens with zero attached hydrogens (tertiary/aromatic N) is 2. The first kappa shape index (κ1) is 20.2. The molecule has 0 aliphatic carbocycles. The molecule has 29 heavy (non-hydrogen) atoms. The Morgan fingerprint density at radius 2 is 1.55 bits per heavy atom. The van der Waals surface area contributed by atoms with Gasteiger partial charge in [-0.1, -0.05) is 48.5 Å². The van der Waals surface area contributed by atoms with Crippen molar-refractivity contribution in [1.82, 2.24) is 5.43 Å². The molecule has 7 nitrogen and oxygen atoms in total. The second-order valence-corrected chi connectivity index (χ2v) is 6.59. The van der Waals surface area contributed by atoms with E-state index >= 15 is 0 Å². The van der Waals surface area contributed by atoms with Crippen LogP contribution in [0.1, 0.15) is 21.5 Å². The highest BCUT2D eigenvalue weighted by Crippen LogP contribution is 2.16. The van der Waals surface area contributed by atoms with Gasteiger partial charge in [-0.2, -0.15) is 10.3 Å². The van der Waals surface area contributed by atoms with Crippen molar-refractivity contribution in [3.63, 3.8) is 0 Å². The minimum atomic E-state index is -1.09. The van der Waals surface area contributed by atoms with Crippen LogP contribution < -0.4 is 15.6 Å². The van der Waals surface area contributed by atoms with Crippen molar-refractivity contribution in [1.29, 1.82) is 0 Å². The van der Waals surface area contributed by atoms with Gasteiger partial charge in [-0.25, -0.2) is 10.6 Å². The molecule has 1 atom stereocenters. The lowest BCUT2D eigenvalue weighted by molar-refractivity contribution is -0.991. The Bertz CT molecular complexity index is 1000. The first-order valence-electron chi connectivity index (χ1n) is 9.00. The fourth-order valence-electron chi connectivity index (χ4n) is 2.77. The van der Waals surface area contributed by atoms with E-state index in [0.717, 1.165) is 16.8 Å². The number of nitrogens with one attached hydrogen (secondary N) is 2. The Morgan fingerprint density at radius 3 is 2.17 bits per heavy atom. The molecule has 0 aromatic heterocycles. The highest BCUT2D eigenvalue weighted by Gasteiger charge is 2.11. The molecule has 1 amide bonds. The van der Waals surface area contributed by atoms with E-state index in [2.05, 4.69) is 10.5 Å². The molecule has 0 bridgehead atoms. The summed E-state index contributed by atoms with van der Waals surface area (Å²) in [6.45, 7) is 0. The van der Waals surface area contributed by atoms with Gasteiger partial charge in [0.25, 0.3) is 5.91 Å². The molecular weight excluding hydrogens is 368 g/mol. The molecule has 3 N–H and O–H groups in total. The summed E-state index contributed by atoms with van der Waals surface area (Å²) in [4.78, 5) is 14.5. The third kappa shape index (κ3) is 5.05. The predicted molar refractivity (Wildman–Crippen MR) is 113 cm³/mol. The molecule has 7 heteroatoms. The van der Waals surface area contributed by atoms with E-state index in [0.29, 0.717) is 5.71 Å². The number of carbonyl (C=O) groups excluding carboxylic acids is 1. The molecule has 1 unspecified atom stereocenters. The zero-order valence-electron chi connectivity index (χ0n) is 16.2. The van der Waals surface area contributed by atoms with Gasteiger partial charge in [-0.05, 0) is 18.2 Å². The summed E-state index contributed by atoms with van der Waals surface area (Å²) in [6.07, 6.45) is 0. The first-order valence-corrected chi connectivity index (χ1v) is 9.00. The zero-order chi connectivity index (χ0) is 20.8. The normalized spacial score (nSPS) is 12.3. The van der Waals surface area contributed by atoms with Crippen molar-refractivity contribution < 1.29 is 15.2 Å². The summed E-state index contributed by atoms with van der Waals surface area (Å²) in [6, 6.07) is 23.2. The Hall–Kier alpha value is -3.52. The van der Waals surface area contributed by atoms with Crippen LogP contribution in [0, 0.1) is 5.21 Å². The lowest BCUT2D eigenvalue weighted by atomic mass is 10.0. The lowest BCUT2D eigenvalue weighted by Gasteiger charge is -2.14. The fourth-order valence-corrected chi connectivity index (χ4v) is 2.77. The van der Waals surface area contributed by atoms with Gasteiger partial charge in [0.15, 0.2) is 5.69 Å². The Kier molecular flexibility index (Phi) is 6.36. The molecule has 0 heterocycles. The number of carbonyl (C=O) groups is 1. The van der Waals surface area contributed by atoms with Gasteiger partial charge < -0.3 is 10.1 Å². The topological polar surface area (TPSA) is 92.4 Å². The largest absolute Gasteiger partial charge is 0.595 e. The van der Waals surface area contributed by atoms with Crippen LogP contribution in [0.2, 0.25) is 0 Å². The predicted octanol–water partition coefficient (Wildman–Crippen LogP) is 2.34. The summed E-state index contributed by atoms with van der Waals surface area (Å²) in [7, 11) is 3.93. The van der Waals surface area contributed by atoms with E-state index in [1.807, 2.05) is 73.6 Å². The molecule has 0 fully saturated rings. The maximum Gasteiger partial charge on any atom is 0.271 e. The van der Waals surface area contributed by atoms with Crippen LogP contribution in [-0.2, 0) is 0 Å². The van der Waals surface area contributed by atoms with Crippen molar-refractivity contribution in [2.75, 3.05) is 19.0 Å². The van der Waals surface area contributed by atoms with E-state index in [9.17, 15) is 10.0 Å². The second kappa shape index (κ2) is 9.11. The van der Waals surface area contributed by atoms with Crippen molar-refractivity contribution in [2.45, 2.75) is 0 Å². The van der Waals surface area contributed by atoms with Gasteiger partial charge in [-0.15, -0.1) is 0 Å². The molecule has 0 aliphatic heterocycles. The van der Waals surface area contributed by atoms with Crippen LogP contribution >= 0.6 is 0 Å². The number of rotatable bonds is 6. The number of hydrogen-bond donors (Lipinski definition) is 3. The fraction of sp³-hybridized carbons (Fsp3) is 0.0909. The van der Waals surface area contributed by atoms with Crippen LogP contribution in [0.15, 0.2) is 84.0 Å². The molecule has 0 saturated heterocycles. The molecule has 148 valence electrons. The summed E-state index contributed by atoms with van der Waals surface area (Å²) in [5, 5.41) is 23.5. The van der Waals surface area contributed by atoms with Crippen LogP contribution in [-0.4, -0.2) is 30.9 Å². The molecule has 0 spiro atoms. The van der Waals surface area contributed by atoms with Crippen LogP contribution in [0.25, 0.3) is 0 Å². The SMILES string of the molecule is CN(C)c1ccc(C(=NNC(=O)c2cccc([NH+]([O-])O)c2)c2ccccc2)cc1. The molecule has 0 aliphatic rings. The molecular formula is C22H22N4O3. The van der Waals surface area contributed by atoms with Gasteiger partial charge in [0.1, 0.15) is 0 Å². The average molecular weight is 390 g/mol. The Labute approximate surface area is 169 Å². The number of hydrazone groups is 1. The highest BCUT2D eigenvalue weighted by atomic mass is 16.8. The molecule has 0 saturated carbocycles. The van der Waals surface area contributed by atoms with Crippen LogP contribution in [0.5, 0.6) is 0 Å². The van der Waals surface area contributed by atoms with Gasteiger partial charge in [0.2, 0.25) is 0 Å². The van der Waals surface area contributed by atoms with Crippen molar-refractivity contribution in [3.8, 4) is 0 Å². The summed E-state index contributed by atoms with van der Waals surface area (Å²) in [5.41, 5.74) is 6.18. The molecule has 0 radical (unpaired) electrons. The van der Waals surface area contributed by atoms with E-state index in [4.69, 9.17) is 5.21 Å². The molecule has 3 aromatic rings. The molecule has 3 rings (SSSR count). The number of anilines is 1. The van der Waals surface area contributed by atoms with E-state index in [1.54, 1.807) is 6.07 Å². The van der Waals surface area contributed by atoms with Gasteiger partial charge in [0, 0.05) is 48.6 Å². The summed E-state index contributed by atoms with van der Waals surface area (Å²) >= 11 is 0. The van der Waals surface area contributed by atoms with E-state index < -0.39 is 11.1 Å². The monoisotopic (exact) mass is 390 g/mol. The average Bonchev–Trinajstić information content (AvgIpc) is 2.75. The third-order valence-corrected chi connectivity index (χ3v) is 4.35. The minimum Gasteiger partial charge on any atom is -0.595 e. The maximum absolute atomic E-state index is 12.5. The Balaban J connectivity index is 1.91.